The molecule has 1 aliphatic rings. The van der Waals surface area contributed by atoms with Crippen LogP contribution in [0.5, 0.6) is 0 Å². The molecule has 4 rings (SSSR count). The second kappa shape index (κ2) is 13.2. The Balaban J connectivity index is 1.75. The number of hydrogen-bond donors (Lipinski definition) is 0. The maximum absolute atomic E-state index is 13.3. The minimum atomic E-state index is -4.17. The topological polar surface area (TPSA) is 99.2 Å². The number of aryl methyl sites for hydroxylation is 1. The normalized spacial score (nSPS) is 21.1. The first-order valence-corrected chi connectivity index (χ1v) is 14.7. The second-order valence-corrected chi connectivity index (χ2v) is 11.6. The van der Waals surface area contributed by atoms with Gasteiger partial charge in [0, 0.05) is 26.9 Å². The highest BCUT2D eigenvalue weighted by molar-refractivity contribution is 7.86. The van der Waals surface area contributed by atoms with Gasteiger partial charge in [0.05, 0.1) is 10.9 Å². The van der Waals surface area contributed by atoms with E-state index >= 15 is 0 Å². The number of nitrogens with zero attached hydrogens (tertiary/aromatic N) is 1. The highest BCUT2D eigenvalue weighted by atomic mass is 32.2. The maximum atomic E-state index is 13.3. The van der Waals surface area contributed by atoms with E-state index in [0.29, 0.717) is 19.5 Å². The van der Waals surface area contributed by atoms with Gasteiger partial charge < -0.3 is 9.47 Å². The Kier molecular flexibility index (Phi) is 9.73. The zero-order valence-corrected chi connectivity index (χ0v) is 23.8. The van der Waals surface area contributed by atoms with Crippen molar-refractivity contribution < 1.29 is 31.7 Å². The van der Waals surface area contributed by atoms with Crippen LogP contribution in [0.3, 0.4) is 0 Å². The van der Waals surface area contributed by atoms with Gasteiger partial charge in [0.15, 0.2) is 0 Å². The summed E-state index contributed by atoms with van der Waals surface area (Å²) < 4.78 is 44.0. The number of rotatable bonds is 10. The molecule has 1 saturated carbocycles. The van der Waals surface area contributed by atoms with Crippen LogP contribution in [0.4, 0.5) is 0 Å². The molecule has 0 aliphatic heterocycles. The number of esters is 2. The number of hydrogen-bond acceptors (Lipinski definition) is 8. The van der Waals surface area contributed by atoms with Crippen molar-refractivity contribution in [3.8, 4) is 0 Å². The molecule has 1 aliphatic carbocycles. The molecule has 0 saturated heterocycles. The molecule has 0 amide bonds. The Bertz CT molecular complexity index is 1340. The summed E-state index contributed by atoms with van der Waals surface area (Å²) in [7, 11) is -4.17. The van der Waals surface area contributed by atoms with E-state index in [1.807, 2.05) is 67.6 Å². The van der Waals surface area contributed by atoms with Crippen molar-refractivity contribution in [1.29, 1.82) is 0 Å². The standard InChI is InChI=1S/C31H35NO7S/c1-22-14-16-27(17-15-22)40(35,36)39-29-19-18-28(37-23(2)33)30(31(29)38-24(3)34)32(20-25-10-6-4-7-11-25)21-26-12-8-5-9-13-26/h4-17,28-31H,18-21H2,1-3H3/t28-,29+,30+,31-/m1/s1. The fourth-order valence-electron chi connectivity index (χ4n) is 5.15. The van der Waals surface area contributed by atoms with Gasteiger partial charge in [-0.15, -0.1) is 0 Å². The van der Waals surface area contributed by atoms with Crippen LogP contribution < -0.4 is 0 Å². The lowest BCUT2D eigenvalue weighted by molar-refractivity contribution is -0.179. The Morgan fingerprint density at radius 1 is 0.750 bits per heavy atom. The molecular formula is C31H35NO7S. The Labute approximate surface area is 236 Å². The third-order valence-electron chi connectivity index (χ3n) is 6.88. The van der Waals surface area contributed by atoms with Crippen molar-refractivity contribution in [3.63, 3.8) is 0 Å². The van der Waals surface area contributed by atoms with Crippen molar-refractivity contribution in [1.82, 2.24) is 4.90 Å². The van der Waals surface area contributed by atoms with Crippen molar-refractivity contribution in [3.05, 3.63) is 102 Å². The molecule has 0 N–H and O–H groups in total. The molecule has 40 heavy (non-hydrogen) atoms. The number of carbonyl (C=O) groups is 2. The zero-order valence-electron chi connectivity index (χ0n) is 22.9. The average molecular weight is 566 g/mol. The molecule has 4 atom stereocenters. The van der Waals surface area contributed by atoms with Crippen molar-refractivity contribution in [2.45, 2.75) is 76.0 Å². The van der Waals surface area contributed by atoms with E-state index in [9.17, 15) is 18.0 Å². The van der Waals surface area contributed by atoms with E-state index in [1.54, 1.807) is 12.1 Å². The first-order chi connectivity index (χ1) is 19.1. The van der Waals surface area contributed by atoms with Crippen LogP contribution in [0.15, 0.2) is 89.8 Å². The molecule has 0 heterocycles. The molecule has 3 aromatic carbocycles. The van der Waals surface area contributed by atoms with Gasteiger partial charge in [-0.2, -0.15) is 8.42 Å². The summed E-state index contributed by atoms with van der Waals surface area (Å²) in [6.45, 7) is 5.35. The quantitative estimate of drug-likeness (QED) is 0.255. The molecular weight excluding hydrogens is 530 g/mol. The lowest BCUT2D eigenvalue weighted by atomic mass is 9.85. The van der Waals surface area contributed by atoms with E-state index < -0.39 is 46.4 Å². The SMILES string of the molecule is CC(=O)O[C@H]1[C@@H](N(Cc2ccccc2)Cc2ccccc2)[C@H](OC(C)=O)CC[C@@H]1OS(=O)(=O)c1ccc(C)cc1. The van der Waals surface area contributed by atoms with E-state index in [1.165, 1.54) is 26.0 Å². The molecule has 212 valence electrons. The predicted octanol–water partition coefficient (Wildman–Crippen LogP) is 4.80. The van der Waals surface area contributed by atoms with Crippen LogP contribution in [-0.4, -0.2) is 49.6 Å². The average Bonchev–Trinajstić information content (AvgIpc) is 2.91. The van der Waals surface area contributed by atoms with Crippen molar-refractivity contribution in [2.24, 2.45) is 0 Å². The summed E-state index contributed by atoms with van der Waals surface area (Å²) in [5.41, 5.74) is 2.91. The van der Waals surface area contributed by atoms with Gasteiger partial charge in [0.1, 0.15) is 18.3 Å². The van der Waals surface area contributed by atoms with Crippen LogP contribution in [0.25, 0.3) is 0 Å². The van der Waals surface area contributed by atoms with Gasteiger partial charge in [-0.3, -0.25) is 18.7 Å². The number of carbonyl (C=O) groups excluding carboxylic acids is 2. The first kappa shape index (κ1) is 29.5. The lowest BCUT2D eigenvalue weighted by Gasteiger charge is -2.46. The minimum absolute atomic E-state index is 0.0174. The maximum Gasteiger partial charge on any atom is 0.303 e. The van der Waals surface area contributed by atoms with Crippen LogP contribution in [0, 0.1) is 6.92 Å². The van der Waals surface area contributed by atoms with E-state index in [4.69, 9.17) is 13.7 Å². The molecule has 0 unspecified atom stereocenters. The smallest absolute Gasteiger partial charge is 0.303 e. The summed E-state index contributed by atoms with van der Waals surface area (Å²) in [5, 5.41) is 0. The van der Waals surface area contributed by atoms with Crippen LogP contribution in [0.1, 0.15) is 43.4 Å². The Morgan fingerprint density at radius 2 is 1.25 bits per heavy atom. The van der Waals surface area contributed by atoms with Gasteiger partial charge in [-0.1, -0.05) is 78.4 Å². The summed E-state index contributed by atoms with van der Waals surface area (Å²) in [4.78, 5) is 26.7. The minimum Gasteiger partial charge on any atom is -0.461 e. The van der Waals surface area contributed by atoms with Crippen LogP contribution >= 0.6 is 0 Å². The Morgan fingerprint density at radius 3 is 1.75 bits per heavy atom. The third kappa shape index (κ3) is 7.78. The largest absolute Gasteiger partial charge is 0.461 e. The molecule has 9 heteroatoms. The fraction of sp³-hybridized carbons (Fsp3) is 0.355. The molecule has 8 nitrogen and oxygen atoms in total. The third-order valence-corrected chi connectivity index (χ3v) is 8.23. The zero-order chi connectivity index (χ0) is 28.7. The molecule has 0 spiro atoms. The fourth-order valence-corrected chi connectivity index (χ4v) is 6.26. The molecule has 3 aromatic rings. The molecule has 1 fully saturated rings. The monoisotopic (exact) mass is 565 g/mol. The van der Waals surface area contributed by atoms with Gasteiger partial charge in [-0.25, -0.2) is 0 Å². The number of ether oxygens (including phenoxy) is 2. The summed E-state index contributed by atoms with van der Waals surface area (Å²) >= 11 is 0. The van der Waals surface area contributed by atoms with E-state index in [0.717, 1.165) is 16.7 Å². The van der Waals surface area contributed by atoms with Gasteiger partial charge >= 0.3 is 11.9 Å². The van der Waals surface area contributed by atoms with Crippen molar-refractivity contribution in [2.75, 3.05) is 0 Å². The van der Waals surface area contributed by atoms with Crippen LogP contribution in [0.2, 0.25) is 0 Å². The summed E-state index contributed by atoms with van der Waals surface area (Å²) in [6, 6.07) is 25.2. The Hall–Kier alpha value is -3.53. The summed E-state index contributed by atoms with van der Waals surface area (Å²) in [5.74, 6) is -1.05. The predicted molar refractivity (Wildman–Crippen MR) is 149 cm³/mol. The highest BCUT2D eigenvalue weighted by Crippen LogP contribution is 2.34. The highest BCUT2D eigenvalue weighted by Gasteiger charge is 2.48. The first-order valence-electron chi connectivity index (χ1n) is 13.3. The van der Waals surface area contributed by atoms with Gasteiger partial charge in [-0.05, 0) is 43.0 Å². The van der Waals surface area contributed by atoms with Gasteiger partial charge in [0.25, 0.3) is 10.1 Å². The molecule has 0 bridgehead atoms. The van der Waals surface area contributed by atoms with Gasteiger partial charge in [0.2, 0.25) is 0 Å². The van der Waals surface area contributed by atoms with E-state index in [-0.39, 0.29) is 11.3 Å². The molecule has 0 radical (unpaired) electrons. The van der Waals surface area contributed by atoms with E-state index in [2.05, 4.69) is 4.90 Å². The molecule has 0 aromatic heterocycles. The number of benzene rings is 3. The van der Waals surface area contributed by atoms with Crippen molar-refractivity contribution >= 4 is 22.1 Å². The van der Waals surface area contributed by atoms with Crippen LogP contribution in [-0.2, 0) is 46.5 Å². The second-order valence-electron chi connectivity index (χ2n) is 10.1. The summed E-state index contributed by atoms with van der Waals surface area (Å²) in [6.07, 6.45) is -2.13. The lowest BCUT2D eigenvalue weighted by Crippen LogP contribution is -2.60.